The van der Waals surface area contributed by atoms with E-state index in [1.165, 1.54) is 0 Å². The van der Waals surface area contributed by atoms with Crippen LogP contribution in [0.15, 0.2) is 10.5 Å². The lowest BCUT2D eigenvalue weighted by atomic mass is 10.2. The topological polar surface area (TPSA) is 26.0 Å². The Hall–Kier alpha value is -0.0500. The maximum atomic E-state index is 13.1. The lowest BCUT2D eigenvalue weighted by Crippen LogP contribution is -2.09. The van der Waals surface area contributed by atoms with Crippen molar-refractivity contribution in [2.45, 2.75) is 6.18 Å². The number of nitrogens with two attached hydrogens (primary N) is 1. The molecule has 0 aliphatic carbocycles. The van der Waals surface area contributed by atoms with E-state index in [2.05, 4.69) is 15.9 Å². The third-order valence-electron chi connectivity index (χ3n) is 1.50. The zero-order valence-electron chi connectivity index (χ0n) is 6.42. The number of hydrogen-bond donors (Lipinski definition) is 1. The maximum Gasteiger partial charge on any atom is 0.417 e. The van der Waals surface area contributed by atoms with Crippen molar-refractivity contribution in [3.05, 3.63) is 25.5 Å². The average Bonchev–Trinajstić information content (AvgIpc) is 2.06. The van der Waals surface area contributed by atoms with Gasteiger partial charge in [0.25, 0.3) is 0 Å². The lowest BCUT2D eigenvalue weighted by molar-refractivity contribution is -0.138. The highest BCUT2D eigenvalue weighted by Crippen LogP contribution is 2.39. The smallest absolute Gasteiger partial charge is 0.395 e. The van der Waals surface area contributed by atoms with Crippen LogP contribution < -0.4 is 5.73 Å². The van der Waals surface area contributed by atoms with Gasteiger partial charge in [0.15, 0.2) is 5.82 Å². The summed E-state index contributed by atoms with van der Waals surface area (Å²) in [5, 5.41) is 0. The summed E-state index contributed by atoms with van der Waals surface area (Å²) in [5.74, 6) is -1.08. The SMILES string of the molecule is Nc1c(I)cc(C(F)(F)F)c(Br)c1F. The molecule has 0 aromatic heterocycles. The van der Waals surface area contributed by atoms with E-state index < -0.39 is 22.0 Å². The molecule has 0 saturated heterocycles. The number of rotatable bonds is 0. The maximum absolute atomic E-state index is 13.1. The molecular formula is C7H3BrF4IN. The molecular weight excluding hydrogens is 381 g/mol. The van der Waals surface area contributed by atoms with Crippen LogP contribution in [0.4, 0.5) is 23.2 Å². The molecule has 0 amide bonds. The monoisotopic (exact) mass is 383 g/mol. The second-order valence-electron chi connectivity index (χ2n) is 2.45. The number of benzene rings is 1. The quantitative estimate of drug-likeness (QED) is 0.313. The van der Waals surface area contributed by atoms with Crippen LogP contribution in [-0.2, 0) is 6.18 Å². The molecule has 0 fully saturated rings. The van der Waals surface area contributed by atoms with E-state index in [1.807, 2.05) is 0 Å². The minimum Gasteiger partial charge on any atom is -0.395 e. The summed E-state index contributed by atoms with van der Waals surface area (Å²) in [5.41, 5.74) is 3.87. The van der Waals surface area contributed by atoms with Gasteiger partial charge in [0.2, 0.25) is 0 Å². The predicted molar refractivity (Wildman–Crippen MR) is 56.2 cm³/mol. The first-order valence-electron chi connectivity index (χ1n) is 3.25. The molecule has 0 saturated carbocycles. The van der Waals surface area contributed by atoms with E-state index in [0.29, 0.717) is 0 Å². The molecule has 0 unspecified atom stereocenters. The van der Waals surface area contributed by atoms with Crippen molar-refractivity contribution in [1.82, 2.24) is 0 Å². The Labute approximate surface area is 98.9 Å². The minimum atomic E-state index is -4.59. The summed E-state index contributed by atoms with van der Waals surface area (Å²) in [4.78, 5) is 0. The Balaban J connectivity index is 3.49. The van der Waals surface area contributed by atoms with Crippen LogP contribution in [0.5, 0.6) is 0 Å². The number of hydrogen-bond acceptors (Lipinski definition) is 1. The molecule has 1 nitrogen and oxygen atoms in total. The third-order valence-corrected chi connectivity index (χ3v) is 3.17. The van der Waals surface area contributed by atoms with Gasteiger partial charge in [-0.2, -0.15) is 13.2 Å². The van der Waals surface area contributed by atoms with E-state index in [-0.39, 0.29) is 9.26 Å². The largest absolute Gasteiger partial charge is 0.417 e. The highest BCUT2D eigenvalue weighted by Gasteiger charge is 2.35. The van der Waals surface area contributed by atoms with Gasteiger partial charge in [-0.3, -0.25) is 0 Å². The summed E-state index contributed by atoms with van der Waals surface area (Å²) in [6, 6.07) is 0.795. The second-order valence-corrected chi connectivity index (χ2v) is 4.40. The summed E-state index contributed by atoms with van der Waals surface area (Å²) in [6.07, 6.45) is -4.59. The van der Waals surface area contributed by atoms with Crippen molar-refractivity contribution < 1.29 is 17.6 Å². The Morgan fingerprint density at radius 1 is 1.36 bits per heavy atom. The molecule has 0 spiro atoms. The zero-order valence-corrected chi connectivity index (χ0v) is 10.2. The van der Waals surface area contributed by atoms with Gasteiger partial charge < -0.3 is 5.73 Å². The Morgan fingerprint density at radius 3 is 2.29 bits per heavy atom. The van der Waals surface area contributed by atoms with Gasteiger partial charge in [-0.15, -0.1) is 0 Å². The van der Waals surface area contributed by atoms with E-state index in [9.17, 15) is 17.6 Å². The van der Waals surface area contributed by atoms with Crippen LogP contribution in [0.1, 0.15) is 5.56 Å². The van der Waals surface area contributed by atoms with Crippen LogP contribution in [0.2, 0.25) is 0 Å². The van der Waals surface area contributed by atoms with Crippen molar-refractivity contribution in [3.63, 3.8) is 0 Å². The molecule has 0 radical (unpaired) electrons. The van der Waals surface area contributed by atoms with Gasteiger partial charge in [-0.05, 0) is 44.6 Å². The van der Waals surface area contributed by atoms with E-state index in [4.69, 9.17) is 5.73 Å². The number of halogens is 6. The molecule has 0 aliphatic heterocycles. The van der Waals surface area contributed by atoms with Crippen molar-refractivity contribution in [2.75, 3.05) is 5.73 Å². The molecule has 1 aromatic carbocycles. The number of alkyl halides is 3. The fourth-order valence-electron chi connectivity index (χ4n) is 0.815. The van der Waals surface area contributed by atoms with Crippen LogP contribution >= 0.6 is 38.5 Å². The molecule has 78 valence electrons. The summed E-state index contributed by atoms with van der Waals surface area (Å²) in [7, 11) is 0. The average molecular weight is 384 g/mol. The van der Waals surface area contributed by atoms with Crippen LogP contribution in [0.3, 0.4) is 0 Å². The van der Waals surface area contributed by atoms with Crippen molar-refractivity contribution in [3.8, 4) is 0 Å². The van der Waals surface area contributed by atoms with E-state index in [1.54, 1.807) is 22.6 Å². The number of anilines is 1. The molecule has 0 bridgehead atoms. The fraction of sp³-hybridized carbons (Fsp3) is 0.143. The first-order chi connectivity index (χ1) is 6.25. The first-order valence-corrected chi connectivity index (χ1v) is 5.12. The van der Waals surface area contributed by atoms with Crippen LogP contribution in [-0.4, -0.2) is 0 Å². The predicted octanol–water partition coefficient (Wildman–Crippen LogP) is 3.79. The summed E-state index contributed by atoms with van der Waals surface area (Å²) in [6.45, 7) is 0. The highest BCUT2D eigenvalue weighted by molar-refractivity contribution is 14.1. The van der Waals surface area contributed by atoms with Crippen molar-refractivity contribution >= 4 is 44.2 Å². The Morgan fingerprint density at radius 2 is 1.86 bits per heavy atom. The molecule has 1 rings (SSSR count). The van der Waals surface area contributed by atoms with E-state index in [0.717, 1.165) is 6.07 Å². The molecule has 0 atom stereocenters. The highest BCUT2D eigenvalue weighted by atomic mass is 127. The Kier molecular flexibility index (Phi) is 3.30. The van der Waals surface area contributed by atoms with Crippen LogP contribution in [0.25, 0.3) is 0 Å². The third kappa shape index (κ3) is 2.13. The first kappa shape index (κ1) is 12.0. The van der Waals surface area contributed by atoms with Crippen molar-refractivity contribution in [1.29, 1.82) is 0 Å². The normalized spacial score (nSPS) is 11.9. The van der Waals surface area contributed by atoms with Gasteiger partial charge in [0.1, 0.15) is 0 Å². The van der Waals surface area contributed by atoms with Crippen LogP contribution in [0, 0.1) is 9.39 Å². The zero-order chi connectivity index (χ0) is 11.1. The van der Waals surface area contributed by atoms with Gasteiger partial charge in [-0.1, -0.05) is 0 Å². The van der Waals surface area contributed by atoms with Gasteiger partial charge in [0.05, 0.1) is 15.7 Å². The minimum absolute atomic E-state index is 0.0376. The fourth-order valence-corrected chi connectivity index (χ4v) is 1.92. The molecule has 0 heterocycles. The standard InChI is InChI=1S/C7H3BrF4IN/c8-4-2(7(10,11)12)1-3(13)6(14)5(4)9/h1H,14H2. The van der Waals surface area contributed by atoms with E-state index >= 15 is 0 Å². The molecule has 1 aromatic rings. The summed E-state index contributed by atoms with van der Waals surface area (Å²) < 4.78 is 49.4. The number of nitrogen functional groups attached to an aromatic ring is 1. The lowest BCUT2D eigenvalue weighted by Gasteiger charge is -2.12. The molecule has 2 N–H and O–H groups in total. The molecule has 0 aliphatic rings. The second kappa shape index (κ2) is 3.84. The summed E-state index contributed by atoms with van der Waals surface area (Å²) >= 11 is 4.07. The molecule has 14 heavy (non-hydrogen) atoms. The van der Waals surface area contributed by atoms with Crippen molar-refractivity contribution in [2.24, 2.45) is 0 Å². The van der Waals surface area contributed by atoms with Gasteiger partial charge >= 0.3 is 6.18 Å². The molecule has 7 heteroatoms. The Bertz CT molecular complexity index is 377. The van der Waals surface area contributed by atoms with Gasteiger partial charge in [0, 0.05) is 3.57 Å². The van der Waals surface area contributed by atoms with Gasteiger partial charge in [-0.25, -0.2) is 4.39 Å².